The molecule has 114 valence electrons. The average Bonchev–Trinajstić information content (AvgIpc) is 2.46. The van der Waals surface area contributed by atoms with Crippen molar-refractivity contribution in [2.24, 2.45) is 4.99 Å². The van der Waals surface area contributed by atoms with Crippen molar-refractivity contribution in [2.45, 2.75) is 38.1 Å². The molecule has 0 saturated carbocycles. The minimum atomic E-state index is -0.938. The highest BCUT2D eigenvalue weighted by atomic mass is 16.3. The number of hydrogen-bond acceptors (Lipinski definition) is 4. The lowest BCUT2D eigenvalue weighted by Gasteiger charge is -2.41. The number of nitrogens with zero attached hydrogens (tertiary/aromatic N) is 2. The molecule has 2 N–H and O–H groups in total. The highest BCUT2D eigenvalue weighted by molar-refractivity contribution is 6.09. The summed E-state index contributed by atoms with van der Waals surface area (Å²) in [7, 11) is 0. The van der Waals surface area contributed by atoms with Crippen LogP contribution in [-0.4, -0.2) is 46.3 Å². The molecule has 1 unspecified atom stereocenters. The summed E-state index contributed by atoms with van der Waals surface area (Å²) in [6, 6.07) is 0. The van der Waals surface area contributed by atoms with Crippen LogP contribution in [0.5, 0.6) is 0 Å². The summed E-state index contributed by atoms with van der Waals surface area (Å²) in [4.78, 5) is 30.0. The van der Waals surface area contributed by atoms with Crippen molar-refractivity contribution in [1.82, 2.24) is 10.2 Å². The van der Waals surface area contributed by atoms with Crippen molar-refractivity contribution in [2.75, 3.05) is 13.2 Å². The van der Waals surface area contributed by atoms with E-state index >= 15 is 0 Å². The van der Waals surface area contributed by atoms with Crippen molar-refractivity contribution in [3.05, 3.63) is 24.4 Å². The topological polar surface area (TPSA) is 82.0 Å². The second-order valence-corrected chi connectivity index (χ2v) is 5.43. The second kappa shape index (κ2) is 6.67. The SMILES string of the molecule is CC1(C(=O)NCCCCCO)CC(=O)N=C2C=CC=CN21. The van der Waals surface area contributed by atoms with E-state index in [-0.39, 0.29) is 24.8 Å². The first-order chi connectivity index (χ1) is 10.1. The first-order valence-corrected chi connectivity index (χ1v) is 7.23. The molecule has 2 rings (SSSR count). The number of nitrogens with one attached hydrogen (secondary N) is 1. The number of carbonyl (C=O) groups is 2. The van der Waals surface area contributed by atoms with Crippen molar-refractivity contribution < 1.29 is 14.7 Å². The number of carbonyl (C=O) groups excluding carboxylic acids is 2. The quantitative estimate of drug-likeness (QED) is 0.707. The minimum Gasteiger partial charge on any atom is -0.396 e. The van der Waals surface area contributed by atoms with Crippen LogP contribution < -0.4 is 5.32 Å². The average molecular weight is 291 g/mol. The number of unbranched alkanes of at least 4 members (excludes halogenated alkanes) is 2. The molecular formula is C15H21N3O3. The van der Waals surface area contributed by atoms with E-state index in [1.165, 1.54) is 0 Å². The molecule has 1 atom stereocenters. The molecule has 6 heteroatoms. The molecule has 0 fully saturated rings. The Hall–Kier alpha value is -1.95. The zero-order valence-electron chi connectivity index (χ0n) is 12.2. The number of hydrogen-bond donors (Lipinski definition) is 2. The lowest BCUT2D eigenvalue weighted by molar-refractivity contribution is -0.134. The molecule has 2 heterocycles. The Balaban J connectivity index is 2.01. The summed E-state index contributed by atoms with van der Waals surface area (Å²) in [6.07, 6.45) is 9.60. The molecule has 6 nitrogen and oxygen atoms in total. The summed E-state index contributed by atoms with van der Waals surface area (Å²) >= 11 is 0. The highest BCUT2D eigenvalue weighted by Crippen LogP contribution is 2.28. The van der Waals surface area contributed by atoms with Gasteiger partial charge in [-0.2, -0.15) is 4.99 Å². The predicted molar refractivity (Wildman–Crippen MR) is 79.5 cm³/mol. The molecule has 0 saturated heterocycles. The van der Waals surface area contributed by atoms with Gasteiger partial charge in [-0.25, -0.2) is 0 Å². The highest BCUT2D eigenvalue weighted by Gasteiger charge is 2.44. The molecule has 0 spiro atoms. The Labute approximate surface area is 124 Å². The largest absolute Gasteiger partial charge is 0.396 e. The number of aliphatic hydroxyl groups excluding tert-OH is 1. The number of allylic oxidation sites excluding steroid dienone is 2. The van der Waals surface area contributed by atoms with E-state index < -0.39 is 5.54 Å². The Morgan fingerprint density at radius 3 is 3.00 bits per heavy atom. The van der Waals surface area contributed by atoms with Gasteiger partial charge >= 0.3 is 0 Å². The number of amides is 2. The van der Waals surface area contributed by atoms with Crippen LogP contribution in [0.4, 0.5) is 0 Å². The van der Waals surface area contributed by atoms with Gasteiger partial charge in [0.15, 0.2) is 0 Å². The summed E-state index contributed by atoms with van der Waals surface area (Å²) < 4.78 is 0. The fourth-order valence-corrected chi connectivity index (χ4v) is 2.49. The molecule has 0 aromatic carbocycles. The van der Waals surface area contributed by atoms with Gasteiger partial charge in [0.2, 0.25) is 5.91 Å². The number of fused-ring (bicyclic) bond motifs is 1. The van der Waals surface area contributed by atoms with Crippen LogP contribution in [0.2, 0.25) is 0 Å². The number of aliphatic imine (C=N–C) groups is 1. The van der Waals surface area contributed by atoms with Crippen molar-refractivity contribution in [3.8, 4) is 0 Å². The zero-order chi connectivity index (χ0) is 15.3. The van der Waals surface area contributed by atoms with Gasteiger partial charge in [0, 0.05) is 19.4 Å². The molecule has 0 aliphatic carbocycles. The van der Waals surface area contributed by atoms with E-state index in [2.05, 4.69) is 10.3 Å². The summed E-state index contributed by atoms with van der Waals surface area (Å²) in [5.74, 6) is 0.0537. The van der Waals surface area contributed by atoms with Gasteiger partial charge in [-0.3, -0.25) is 9.59 Å². The summed E-state index contributed by atoms with van der Waals surface area (Å²) in [6.45, 7) is 2.47. The molecule has 2 aliphatic heterocycles. The van der Waals surface area contributed by atoms with Crippen molar-refractivity contribution in [3.63, 3.8) is 0 Å². The van der Waals surface area contributed by atoms with E-state index in [0.29, 0.717) is 12.4 Å². The maximum Gasteiger partial charge on any atom is 0.250 e. The third-order valence-electron chi connectivity index (χ3n) is 3.71. The van der Waals surface area contributed by atoms with Gasteiger partial charge in [0.05, 0.1) is 6.42 Å². The summed E-state index contributed by atoms with van der Waals surface area (Å²) in [5.41, 5.74) is -0.938. The standard InChI is InChI=1S/C15H21N3O3/c1-15(14(21)16-8-4-2-6-10-19)11-13(20)17-12-7-3-5-9-18(12)15/h3,5,7,9,19H,2,4,6,8,10-11H2,1H3,(H,16,21). The number of amidine groups is 1. The first-order valence-electron chi connectivity index (χ1n) is 7.23. The Morgan fingerprint density at radius 1 is 1.43 bits per heavy atom. The van der Waals surface area contributed by atoms with Crippen molar-refractivity contribution >= 4 is 17.6 Å². The van der Waals surface area contributed by atoms with Gasteiger partial charge in [-0.15, -0.1) is 0 Å². The van der Waals surface area contributed by atoms with Crippen LogP contribution >= 0.6 is 0 Å². The monoisotopic (exact) mass is 291 g/mol. The van der Waals surface area contributed by atoms with Crippen LogP contribution in [0, 0.1) is 0 Å². The van der Waals surface area contributed by atoms with Crippen LogP contribution in [0.1, 0.15) is 32.6 Å². The Bertz CT molecular complexity index is 510. The van der Waals surface area contributed by atoms with E-state index in [0.717, 1.165) is 19.3 Å². The van der Waals surface area contributed by atoms with Gasteiger partial charge < -0.3 is 15.3 Å². The molecule has 21 heavy (non-hydrogen) atoms. The third kappa shape index (κ3) is 3.39. The van der Waals surface area contributed by atoms with Gasteiger partial charge in [-0.1, -0.05) is 6.08 Å². The fraction of sp³-hybridized carbons (Fsp3) is 0.533. The smallest absolute Gasteiger partial charge is 0.250 e. The van der Waals surface area contributed by atoms with E-state index in [9.17, 15) is 9.59 Å². The summed E-state index contributed by atoms with van der Waals surface area (Å²) in [5, 5.41) is 11.6. The van der Waals surface area contributed by atoms with Gasteiger partial charge in [-0.05, 0) is 38.3 Å². The molecule has 2 aliphatic rings. The third-order valence-corrected chi connectivity index (χ3v) is 3.71. The molecule has 0 radical (unpaired) electrons. The van der Waals surface area contributed by atoms with Crippen LogP contribution in [-0.2, 0) is 9.59 Å². The normalized spacial score (nSPS) is 23.8. The Morgan fingerprint density at radius 2 is 2.24 bits per heavy atom. The lowest BCUT2D eigenvalue weighted by Crippen LogP contribution is -2.60. The lowest BCUT2D eigenvalue weighted by atomic mass is 9.91. The van der Waals surface area contributed by atoms with E-state index in [1.807, 2.05) is 6.08 Å². The van der Waals surface area contributed by atoms with Crippen molar-refractivity contribution in [1.29, 1.82) is 0 Å². The minimum absolute atomic E-state index is 0.0666. The van der Waals surface area contributed by atoms with Crippen LogP contribution in [0.15, 0.2) is 29.4 Å². The van der Waals surface area contributed by atoms with Crippen LogP contribution in [0.25, 0.3) is 0 Å². The Kier molecular flexibility index (Phi) is 4.90. The molecule has 0 bridgehead atoms. The molecular weight excluding hydrogens is 270 g/mol. The van der Waals surface area contributed by atoms with E-state index in [4.69, 9.17) is 5.11 Å². The molecule has 0 aromatic heterocycles. The predicted octanol–water partition coefficient (Wildman–Crippen LogP) is 0.738. The number of rotatable bonds is 6. The first kappa shape index (κ1) is 15.4. The fourth-order valence-electron chi connectivity index (χ4n) is 2.49. The second-order valence-electron chi connectivity index (χ2n) is 5.43. The maximum absolute atomic E-state index is 12.5. The number of aliphatic hydroxyl groups is 1. The van der Waals surface area contributed by atoms with Gasteiger partial charge in [0.1, 0.15) is 11.4 Å². The molecule has 2 amide bonds. The molecule has 0 aromatic rings. The van der Waals surface area contributed by atoms with Crippen LogP contribution in [0.3, 0.4) is 0 Å². The zero-order valence-corrected chi connectivity index (χ0v) is 12.2. The van der Waals surface area contributed by atoms with Gasteiger partial charge in [0.25, 0.3) is 5.91 Å². The van der Waals surface area contributed by atoms with E-state index in [1.54, 1.807) is 30.2 Å². The maximum atomic E-state index is 12.5.